The predicted octanol–water partition coefficient (Wildman–Crippen LogP) is 4.41. The largest absolute Gasteiger partial charge is 0.335 e. The molecule has 1 aliphatic carbocycles. The number of fused-ring (bicyclic) bond motifs is 2. The average molecular weight is 440 g/mol. The molecule has 2 unspecified atom stereocenters. The molecule has 2 aromatic heterocycles. The Bertz CT molecular complexity index is 1340. The number of anilines is 2. The number of para-hydroxylation sites is 1. The summed E-state index contributed by atoms with van der Waals surface area (Å²) in [6.45, 7) is 4.56. The van der Waals surface area contributed by atoms with Crippen LogP contribution < -0.4 is 10.6 Å². The van der Waals surface area contributed by atoms with Crippen molar-refractivity contribution < 1.29 is 4.79 Å². The van der Waals surface area contributed by atoms with E-state index in [1.807, 2.05) is 61.2 Å². The van der Waals surface area contributed by atoms with E-state index in [4.69, 9.17) is 0 Å². The highest BCUT2D eigenvalue weighted by atomic mass is 16.2. The standard InChI is InChI=1S/C25H25N7O/c1-25(2)21-18(13-32(25)24(33)28-20-12-17(20)15-8-4-3-5-9-15)23(31-30-21)29-22-16-10-6-7-11-19(16)26-14-27-22/h3-11,14,17,20H,12-13H2,1-2H3,(H,28,33)(H2,26,27,29,30,31). The van der Waals surface area contributed by atoms with Gasteiger partial charge >= 0.3 is 6.03 Å². The van der Waals surface area contributed by atoms with E-state index >= 15 is 0 Å². The molecule has 6 rings (SSSR count). The maximum Gasteiger partial charge on any atom is 0.318 e. The van der Waals surface area contributed by atoms with Crippen LogP contribution in [0.2, 0.25) is 0 Å². The summed E-state index contributed by atoms with van der Waals surface area (Å²) in [6, 6.07) is 18.3. The number of benzene rings is 2. The van der Waals surface area contributed by atoms with Crippen molar-refractivity contribution in [2.75, 3.05) is 5.32 Å². The molecule has 0 saturated heterocycles. The van der Waals surface area contributed by atoms with E-state index in [2.05, 4.69) is 42.9 Å². The quantitative estimate of drug-likeness (QED) is 0.437. The van der Waals surface area contributed by atoms with Crippen LogP contribution in [0.1, 0.15) is 43.0 Å². The molecule has 33 heavy (non-hydrogen) atoms. The molecule has 8 nitrogen and oxygen atoms in total. The highest BCUT2D eigenvalue weighted by Crippen LogP contribution is 2.44. The van der Waals surface area contributed by atoms with Gasteiger partial charge in [-0.2, -0.15) is 5.10 Å². The van der Waals surface area contributed by atoms with Crippen molar-refractivity contribution >= 4 is 28.6 Å². The number of H-pyrrole nitrogens is 1. The Labute approximate surface area is 191 Å². The molecule has 0 radical (unpaired) electrons. The Balaban J connectivity index is 1.21. The number of nitrogens with one attached hydrogen (secondary N) is 3. The van der Waals surface area contributed by atoms with Gasteiger partial charge in [-0.05, 0) is 38.0 Å². The smallest absolute Gasteiger partial charge is 0.318 e. The predicted molar refractivity (Wildman–Crippen MR) is 126 cm³/mol. The molecule has 166 valence electrons. The molecule has 1 saturated carbocycles. The SMILES string of the molecule is CC1(C)c2[nH]nc(Nc3ncnc4ccccc34)c2CN1C(=O)NC1CC1c1ccccc1. The van der Waals surface area contributed by atoms with Gasteiger partial charge < -0.3 is 15.5 Å². The summed E-state index contributed by atoms with van der Waals surface area (Å²) in [5.74, 6) is 1.77. The van der Waals surface area contributed by atoms with Crippen LogP contribution in [-0.2, 0) is 12.1 Å². The van der Waals surface area contributed by atoms with E-state index in [9.17, 15) is 4.79 Å². The highest BCUT2D eigenvalue weighted by molar-refractivity contribution is 5.90. The van der Waals surface area contributed by atoms with Crippen molar-refractivity contribution in [3.05, 3.63) is 77.7 Å². The van der Waals surface area contributed by atoms with E-state index in [-0.39, 0.29) is 12.1 Å². The minimum absolute atomic E-state index is 0.0496. The molecule has 1 aliphatic heterocycles. The first-order chi connectivity index (χ1) is 16.0. The Morgan fingerprint density at radius 2 is 1.85 bits per heavy atom. The van der Waals surface area contributed by atoms with Crippen molar-refractivity contribution in [3.8, 4) is 0 Å². The topological polar surface area (TPSA) is 98.8 Å². The lowest BCUT2D eigenvalue weighted by Gasteiger charge is -2.32. The van der Waals surface area contributed by atoms with Gasteiger partial charge in [0.1, 0.15) is 12.1 Å². The molecule has 2 atom stereocenters. The summed E-state index contributed by atoms with van der Waals surface area (Å²) < 4.78 is 0. The second-order valence-corrected chi connectivity index (χ2v) is 9.24. The molecule has 0 spiro atoms. The first-order valence-electron chi connectivity index (χ1n) is 11.2. The molecule has 3 N–H and O–H groups in total. The van der Waals surface area contributed by atoms with Gasteiger partial charge in [-0.1, -0.05) is 42.5 Å². The fraction of sp³-hybridized carbons (Fsp3) is 0.280. The Kier molecular flexibility index (Phi) is 4.36. The van der Waals surface area contributed by atoms with Crippen LogP contribution in [0.3, 0.4) is 0 Å². The lowest BCUT2D eigenvalue weighted by atomic mass is 10.0. The fourth-order valence-corrected chi connectivity index (χ4v) is 4.82. The molecule has 2 aliphatic rings. The van der Waals surface area contributed by atoms with E-state index in [0.717, 1.165) is 28.6 Å². The number of hydrogen-bond donors (Lipinski definition) is 3. The van der Waals surface area contributed by atoms with Crippen LogP contribution in [0.25, 0.3) is 10.9 Å². The minimum Gasteiger partial charge on any atom is -0.335 e. The highest BCUT2D eigenvalue weighted by Gasteiger charge is 2.46. The van der Waals surface area contributed by atoms with Gasteiger partial charge in [0, 0.05) is 22.9 Å². The molecule has 8 heteroatoms. The molecule has 2 aromatic carbocycles. The maximum absolute atomic E-state index is 13.2. The van der Waals surface area contributed by atoms with Crippen LogP contribution in [-0.4, -0.2) is 37.1 Å². The summed E-state index contributed by atoms with van der Waals surface area (Å²) in [5.41, 5.74) is 3.56. The van der Waals surface area contributed by atoms with Crippen molar-refractivity contribution in [1.29, 1.82) is 0 Å². The van der Waals surface area contributed by atoms with Crippen LogP contribution in [0.15, 0.2) is 60.9 Å². The van der Waals surface area contributed by atoms with Gasteiger partial charge in [0.05, 0.1) is 23.3 Å². The molecule has 4 aromatic rings. The third-order valence-corrected chi connectivity index (χ3v) is 6.82. The van der Waals surface area contributed by atoms with Crippen LogP contribution in [0.5, 0.6) is 0 Å². The summed E-state index contributed by atoms with van der Waals surface area (Å²) in [4.78, 5) is 23.8. The van der Waals surface area contributed by atoms with E-state index in [0.29, 0.717) is 24.1 Å². The van der Waals surface area contributed by atoms with Gasteiger partial charge in [0.15, 0.2) is 5.82 Å². The van der Waals surface area contributed by atoms with Gasteiger partial charge in [0.2, 0.25) is 0 Å². The number of aromatic nitrogens is 4. The maximum atomic E-state index is 13.2. The third-order valence-electron chi connectivity index (χ3n) is 6.82. The lowest BCUT2D eigenvalue weighted by Crippen LogP contribution is -2.47. The Morgan fingerprint density at radius 1 is 1.06 bits per heavy atom. The monoisotopic (exact) mass is 439 g/mol. The molecule has 1 fully saturated rings. The minimum atomic E-state index is -0.503. The van der Waals surface area contributed by atoms with Crippen molar-refractivity contribution in [1.82, 2.24) is 30.4 Å². The van der Waals surface area contributed by atoms with Gasteiger partial charge in [-0.15, -0.1) is 0 Å². The first-order valence-corrected chi connectivity index (χ1v) is 11.2. The van der Waals surface area contributed by atoms with E-state index in [1.54, 1.807) is 6.33 Å². The number of rotatable bonds is 4. The molecular weight excluding hydrogens is 414 g/mol. The second kappa shape index (κ2) is 7.30. The second-order valence-electron chi connectivity index (χ2n) is 9.24. The summed E-state index contributed by atoms with van der Waals surface area (Å²) in [5, 5.41) is 15.2. The normalized spacial score (nSPS) is 20.5. The summed E-state index contributed by atoms with van der Waals surface area (Å²) in [6.07, 6.45) is 2.52. The van der Waals surface area contributed by atoms with Crippen LogP contribution >= 0.6 is 0 Å². The number of amides is 2. The summed E-state index contributed by atoms with van der Waals surface area (Å²) in [7, 11) is 0. The van der Waals surface area contributed by atoms with Gasteiger partial charge in [0.25, 0.3) is 0 Å². The first kappa shape index (κ1) is 19.7. The molecule has 2 amide bonds. The van der Waals surface area contributed by atoms with Crippen LogP contribution in [0, 0.1) is 0 Å². The number of nitrogens with zero attached hydrogens (tertiary/aromatic N) is 4. The van der Waals surface area contributed by atoms with Crippen molar-refractivity contribution in [2.24, 2.45) is 0 Å². The third kappa shape index (κ3) is 3.29. The van der Waals surface area contributed by atoms with Gasteiger partial charge in [-0.3, -0.25) is 5.10 Å². The van der Waals surface area contributed by atoms with E-state index < -0.39 is 5.54 Å². The molecular formula is C25H25N7O. The lowest BCUT2D eigenvalue weighted by molar-refractivity contribution is 0.142. The number of aromatic amines is 1. The zero-order valence-corrected chi connectivity index (χ0v) is 18.5. The zero-order chi connectivity index (χ0) is 22.6. The van der Waals surface area contributed by atoms with Crippen molar-refractivity contribution in [3.63, 3.8) is 0 Å². The average Bonchev–Trinajstić information content (AvgIpc) is 3.38. The number of urea groups is 1. The fourth-order valence-electron chi connectivity index (χ4n) is 4.82. The number of carbonyl (C=O) groups excluding carboxylic acids is 1. The Morgan fingerprint density at radius 3 is 2.70 bits per heavy atom. The molecule has 0 bridgehead atoms. The van der Waals surface area contributed by atoms with Crippen molar-refractivity contribution in [2.45, 2.75) is 44.3 Å². The summed E-state index contributed by atoms with van der Waals surface area (Å²) >= 11 is 0. The van der Waals surface area contributed by atoms with E-state index in [1.165, 1.54) is 5.56 Å². The zero-order valence-electron chi connectivity index (χ0n) is 18.5. The molecule has 3 heterocycles. The number of carbonyl (C=O) groups is 1. The number of hydrogen-bond acceptors (Lipinski definition) is 5. The van der Waals surface area contributed by atoms with Gasteiger partial charge in [-0.25, -0.2) is 14.8 Å². The Hall–Kier alpha value is -3.94. The van der Waals surface area contributed by atoms with Crippen LogP contribution in [0.4, 0.5) is 16.4 Å².